The molecule has 2 rings (SSSR count). The van der Waals surface area contributed by atoms with Crippen molar-refractivity contribution in [3.63, 3.8) is 0 Å². The lowest BCUT2D eigenvalue weighted by Gasteiger charge is -2.00. The maximum absolute atomic E-state index is 11.1. The molecule has 1 heterocycles. The van der Waals surface area contributed by atoms with Gasteiger partial charge < -0.3 is 4.98 Å². The summed E-state index contributed by atoms with van der Waals surface area (Å²) in [7, 11) is 0. The van der Waals surface area contributed by atoms with Crippen LogP contribution >= 0.6 is 0 Å². The molecule has 0 aliphatic rings. The number of aromatic nitrogens is 1. The number of hydrogen-bond acceptors (Lipinski definition) is 1. The molecule has 2 nitrogen and oxygen atoms in total. The fourth-order valence-electron chi connectivity index (χ4n) is 1.67. The van der Waals surface area contributed by atoms with Crippen LogP contribution in [0.25, 0.3) is 0 Å². The van der Waals surface area contributed by atoms with E-state index in [0.29, 0.717) is 5.69 Å². The summed E-state index contributed by atoms with van der Waals surface area (Å²) in [5.74, 6) is 0.0788. The van der Waals surface area contributed by atoms with Gasteiger partial charge in [0.1, 0.15) is 0 Å². The van der Waals surface area contributed by atoms with E-state index < -0.39 is 0 Å². The summed E-state index contributed by atoms with van der Waals surface area (Å²) in [6.45, 7) is 3.65. The average Bonchev–Trinajstić information content (AvgIpc) is 2.70. The van der Waals surface area contributed by atoms with Gasteiger partial charge in [-0.15, -0.1) is 0 Å². The van der Waals surface area contributed by atoms with Gasteiger partial charge in [0.15, 0.2) is 5.78 Å². The standard InChI is InChI=1S/C14H15NO/c1-10-3-5-12(6-4-10)9-13-7-8-14(15-13)11(2)16/h3-8,15H,9H2,1-2H3. The third kappa shape index (κ3) is 2.40. The molecule has 16 heavy (non-hydrogen) atoms. The summed E-state index contributed by atoms with van der Waals surface area (Å²) >= 11 is 0. The minimum atomic E-state index is 0.0788. The summed E-state index contributed by atoms with van der Waals surface area (Å²) in [5.41, 5.74) is 4.28. The Labute approximate surface area is 95.3 Å². The maximum Gasteiger partial charge on any atom is 0.175 e. The van der Waals surface area contributed by atoms with E-state index >= 15 is 0 Å². The zero-order chi connectivity index (χ0) is 11.5. The summed E-state index contributed by atoms with van der Waals surface area (Å²) in [5, 5.41) is 0. The molecule has 2 aromatic rings. The van der Waals surface area contributed by atoms with Crippen molar-refractivity contribution in [2.45, 2.75) is 20.3 Å². The Morgan fingerprint density at radius 2 is 1.81 bits per heavy atom. The first kappa shape index (κ1) is 10.7. The van der Waals surface area contributed by atoms with Crippen LogP contribution in [0.15, 0.2) is 36.4 Å². The molecule has 0 bridgehead atoms. The van der Waals surface area contributed by atoms with E-state index in [9.17, 15) is 4.79 Å². The van der Waals surface area contributed by atoms with Crippen molar-refractivity contribution in [1.29, 1.82) is 0 Å². The molecule has 0 aliphatic heterocycles. The van der Waals surface area contributed by atoms with Gasteiger partial charge >= 0.3 is 0 Å². The normalized spacial score (nSPS) is 10.4. The number of benzene rings is 1. The van der Waals surface area contributed by atoms with E-state index in [4.69, 9.17) is 0 Å². The lowest BCUT2D eigenvalue weighted by Crippen LogP contribution is -1.93. The second-order valence-corrected chi connectivity index (χ2v) is 4.12. The number of nitrogens with one attached hydrogen (secondary N) is 1. The fourth-order valence-corrected chi connectivity index (χ4v) is 1.67. The first-order valence-electron chi connectivity index (χ1n) is 5.39. The highest BCUT2D eigenvalue weighted by atomic mass is 16.1. The molecule has 1 aromatic carbocycles. The summed E-state index contributed by atoms with van der Waals surface area (Å²) in [6.07, 6.45) is 0.841. The van der Waals surface area contributed by atoms with Gasteiger partial charge in [-0.05, 0) is 24.6 Å². The summed E-state index contributed by atoms with van der Waals surface area (Å²) in [6, 6.07) is 12.2. The van der Waals surface area contributed by atoms with Crippen molar-refractivity contribution in [2.75, 3.05) is 0 Å². The number of Topliss-reactive ketones (excluding diaryl/α,β-unsaturated/α-hetero) is 1. The number of carbonyl (C=O) groups is 1. The second kappa shape index (κ2) is 4.35. The number of hydrogen-bond donors (Lipinski definition) is 1. The van der Waals surface area contributed by atoms with Gasteiger partial charge in [0.2, 0.25) is 0 Å². The molecule has 82 valence electrons. The molecule has 1 aromatic heterocycles. The number of carbonyl (C=O) groups excluding carboxylic acids is 1. The molecule has 0 saturated carbocycles. The molecule has 0 atom stereocenters. The van der Waals surface area contributed by atoms with Crippen LogP contribution in [-0.2, 0) is 6.42 Å². The highest BCUT2D eigenvalue weighted by Crippen LogP contribution is 2.10. The third-order valence-electron chi connectivity index (χ3n) is 2.64. The highest BCUT2D eigenvalue weighted by Gasteiger charge is 2.03. The van der Waals surface area contributed by atoms with Crippen LogP contribution < -0.4 is 0 Å². The van der Waals surface area contributed by atoms with Crippen LogP contribution in [0.3, 0.4) is 0 Å². The molecule has 0 unspecified atom stereocenters. The lowest BCUT2D eigenvalue weighted by atomic mass is 10.1. The number of ketones is 1. The Bertz CT molecular complexity index is 494. The second-order valence-electron chi connectivity index (χ2n) is 4.12. The topological polar surface area (TPSA) is 32.9 Å². The molecule has 0 radical (unpaired) electrons. The Morgan fingerprint density at radius 1 is 1.12 bits per heavy atom. The molecule has 0 amide bonds. The van der Waals surface area contributed by atoms with Crippen LogP contribution in [0, 0.1) is 6.92 Å². The SMILES string of the molecule is CC(=O)c1ccc(Cc2ccc(C)cc2)[nH]1. The Morgan fingerprint density at radius 3 is 2.38 bits per heavy atom. The largest absolute Gasteiger partial charge is 0.356 e. The van der Waals surface area contributed by atoms with Crippen molar-refractivity contribution < 1.29 is 4.79 Å². The first-order chi connectivity index (χ1) is 7.65. The van der Waals surface area contributed by atoms with E-state index in [1.807, 2.05) is 12.1 Å². The zero-order valence-electron chi connectivity index (χ0n) is 9.58. The number of H-pyrrole nitrogens is 1. The Balaban J connectivity index is 2.14. The van der Waals surface area contributed by atoms with Crippen LogP contribution in [0.4, 0.5) is 0 Å². The molecule has 0 fully saturated rings. The van der Waals surface area contributed by atoms with Crippen molar-refractivity contribution in [1.82, 2.24) is 4.98 Å². The first-order valence-corrected chi connectivity index (χ1v) is 5.39. The molecule has 0 spiro atoms. The Hall–Kier alpha value is -1.83. The lowest BCUT2D eigenvalue weighted by molar-refractivity contribution is 0.101. The molecule has 1 N–H and O–H groups in total. The van der Waals surface area contributed by atoms with Crippen LogP contribution in [0.5, 0.6) is 0 Å². The molecule has 0 aliphatic carbocycles. The maximum atomic E-state index is 11.1. The predicted octanol–water partition coefficient (Wildman–Crippen LogP) is 3.12. The molecular formula is C14H15NO. The van der Waals surface area contributed by atoms with Crippen molar-refractivity contribution in [3.05, 3.63) is 58.9 Å². The smallest absolute Gasteiger partial charge is 0.175 e. The monoisotopic (exact) mass is 213 g/mol. The fraction of sp³-hybridized carbons (Fsp3) is 0.214. The number of rotatable bonds is 3. The molecule has 2 heteroatoms. The zero-order valence-corrected chi connectivity index (χ0v) is 9.58. The van der Waals surface area contributed by atoms with Gasteiger partial charge in [0.05, 0.1) is 5.69 Å². The highest BCUT2D eigenvalue weighted by molar-refractivity contribution is 5.92. The minimum Gasteiger partial charge on any atom is -0.356 e. The third-order valence-corrected chi connectivity index (χ3v) is 2.64. The minimum absolute atomic E-state index is 0.0788. The van der Waals surface area contributed by atoms with Gasteiger partial charge in [0, 0.05) is 19.0 Å². The molecule has 0 saturated heterocycles. The van der Waals surface area contributed by atoms with Crippen molar-refractivity contribution in [3.8, 4) is 0 Å². The van der Waals surface area contributed by atoms with Crippen LogP contribution in [0.1, 0.15) is 34.2 Å². The van der Waals surface area contributed by atoms with E-state index in [0.717, 1.165) is 12.1 Å². The van der Waals surface area contributed by atoms with E-state index in [1.165, 1.54) is 11.1 Å². The molecular weight excluding hydrogens is 198 g/mol. The van der Waals surface area contributed by atoms with Crippen molar-refractivity contribution >= 4 is 5.78 Å². The van der Waals surface area contributed by atoms with E-state index in [2.05, 4.69) is 36.2 Å². The van der Waals surface area contributed by atoms with Crippen LogP contribution in [-0.4, -0.2) is 10.8 Å². The van der Waals surface area contributed by atoms with E-state index in [1.54, 1.807) is 6.92 Å². The van der Waals surface area contributed by atoms with Gasteiger partial charge in [-0.3, -0.25) is 4.79 Å². The van der Waals surface area contributed by atoms with Gasteiger partial charge in [0.25, 0.3) is 0 Å². The van der Waals surface area contributed by atoms with Gasteiger partial charge in [-0.1, -0.05) is 29.8 Å². The number of aromatic amines is 1. The van der Waals surface area contributed by atoms with Gasteiger partial charge in [-0.2, -0.15) is 0 Å². The Kier molecular flexibility index (Phi) is 2.91. The van der Waals surface area contributed by atoms with Gasteiger partial charge in [-0.25, -0.2) is 0 Å². The van der Waals surface area contributed by atoms with Crippen LogP contribution in [0.2, 0.25) is 0 Å². The average molecular weight is 213 g/mol. The van der Waals surface area contributed by atoms with Crippen molar-refractivity contribution in [2.24, 2.45) is 0 Å². The summed E-state index contributed by atoms with van der Waals surface area (Å²) in [4.78, 5) is 14.3. The quantitative estimate of drug-likeness (QED) is 0.781. The predicted molar refractivity (Wildman–Crippen MR) is 64.8 cm³/mol. The summed E-state index contributed by atoms with van der Waals surface area (Å²) < 4.78 is 0. The number of aryl methyl sites for hydroxylation is 1. The van der Waals surface area contributed by atoms with E-state index in [-0.39, 0.29) is 5.78 Å².